The average Bonchev–Trinajstić information content (AvgIpc) is 2.34. The number of hydrogen-bond donors (Lipinski definition) is 1. The zero-order valence-electron chi connectivity index (χ0n) is 11.6. The third-order valence-corrected chi connectivity index (χ3v) is 7.07. The highest BCUT2D eigenvalue weighted by Crippen LogP contribution is 2.17. The van der Waals surface area contributed by atoms with Crippen molar-refractivity contribution in [1.29, 1.82) is 0 Å². The predicted molar refractivity (Wildman–Crippen MR) is 78.2 cm³/mol. The van der Waals surface area contributed by atoms with Gasteiger partial charge >= 0.3 is 5.97 Å². The molecule has 0 aromatic heterocycles. The molecular formula is C13H18O5S2. The van der Waals surface area contributed by atoms with Crippen LogP contribution in [0.4, 0.5) is 0 Å². The first-order chi connectivity index (χ1) is 9.04. The molecule has 0 amide bonds. The molecule has 5 nitrogen and oxygen atoms in total. The predicted octanol–water partition coefficient (Wildman–Crippen LogP) is 1.71. The second-order valence-electron chi connectivity index (χ2n) is 5.31. The van der Waals surface area contributed by atoms with E-state index in [-0.39, 0.29) is 17.1 Å². The van der Waals surface area contributed by atoms with E-state index in [1.807, 2.05) is 0 Å². The van der Waals surface area contributed by atoms with Crippen LogP contribution >= 0.6 is 0 Å². The van der Waals surface area contributed by atoms with Crippen molar-refractivity contribution in [3.8, 4) is 0 Å². The largest absolute Gasteiger partial charge is 0.478 e. The smallest absolute Gasteiger partial charge is 0.335 e. The number of rotatable bonds is 5. The topological polar surface area (TPSA) is 88.5 Å². The highest BCUT2D eigenvalue weighted by molar-refractivity contribution is 7.94. The molecule has 1 atom stereocenters. The van der Waals surface area contributed by atoms with Crippen molar-refractivity contribution in [3.63, 3.8) is 0 Å². The minimum absolute atomic E-state index is 0.00597. The lowest BCUT2D eigenvalue weighted by Crippen LogP contribution is -2.32. The standard InChI is InChI=1S/C13H18O5S2/c1-13(2,3)20(17,18)9-8-19(16)11-6-4-10(5-7-11)12(14)15/h4-7H,8-9H2,1-3H3,(H,14,15). The molecule has 0 bridgehead atoms. The first-order valence-corrected chi connectivity index (χ1v) is 8.96. The second kappa shape index (κ2) is 6.05. The number of carboxylic acids is 1. The van der Waals surface area contributed by atoms with E-state index in [0.29, 0.717) is 4.90 Å². The van der Waals surface area contributed by atoms with Crippen LogP contribution in [0.3, 0.4) is 0 Å². The summed E-state index contributed by atoms with van der Waals surface area (Å²) in [6, 6.07) is 5.61. The Bertz CT molecular complexity index is 609. The molecule has 0 saturated heterocycles. The van der Waals surface area contributed by atoms with Gasteiger partial charge < -0.3 is 5.11 Å². The van der Waals surface area contributed by atoms with Crippen molar-refractivity contribution in [1.82, 2.24) is 0 Å². The van der Waals surface area contributed by atoms with Gasteiger partial charge in [0.25, 0.3) is 0 Å². The molecule has 0 heterocycles. The number of hydrogen-bond acceptors (Lipinski definition) is 4. The van der Waals surface area contributed by atoms with Gasteiger partial charge in [0.05, 0.1) is 26.9 Å². The zero-order valence-corrected chi connectivity index (χ0v) is 13.3. The molecule has 0 aliphatic heterocycles. The quantitative estimate of drug-likeness (QED) is 0.892. The van der Waals surface area contributed by atoms with Gasteiger partial charge in [-0.25, -0.2) is 13.2 Å². The van der Waals surface area contributed by atoms with E-state index in [2.05, 4.69) is 0 Å². The summed E-state index contributed by atoms with van der Waals surface area (Å²) >= 11 is 0. The van der Waals surface area contributed by atoms with Gasteiger partial charge in [-0.05, 0) is 45.0 Å². The summed E-state index contributed by atoms with van der Waals surface area (Å²) in [5, 5.41) is 8.76. The Hall–Kier alpha value is -1.21. The second-order valence-corrected chi connectivity index (χ2v) is 9.74. The first kappa shape index (κ1) is 16.8. The van der Waals surface area contributed by atoms with Gasteiger partial charge in [0, 0.05) is 10.6 Å². The molecule has 0 fully saturated rings. The maximum atomic E-state index is 12.0. The molecular weight excluding hydrogens is 300 g/mol. The Morgan fingerprint density at radius 3 is 2.10 bits per heavy atom. The van der Waals surface area contributed by atoms with Crippen LogP contribution in [0.1, 0.15) is 31.1 Å². The van der Waals surface area contributed by atoms with Crippen molar-refractivity contribution in [2.45, 2.75) is 30.4 Å². The minimum Gasteiger partial charge on any atom is -0.478 e. The van der Waals surface area contributed by atoms with Crippen LogP contribution in [-0.4, -0.2) is 40.0 Å². The minimum atomic E-state index is -3.31. The van der Waals surface area contributed by atoms with E-state index >= 15 is 0 Å². The molecule has 1 aromatic carbocycles. The molecule has 1 unspecified atom stereocenters. The highest BCUT2D eigenvalue weighted by atomic mass is 32.2. The van der Waals surface area contributed by atoms with Crippen molar-refractivity contribution in [2.24, 2.45) is 0 Å². The monoisotopic (exact) mass is 318 g/mol. The first-order valence-electron chi connectivity index (χ1n) is 5.98. The number of carbonyl (C=O) groups is 1. The molecule has 7 heteroatoms. The Kier molecular flexibility index (Phi) is 5.10. The fourth-order valence-electron chi connectivity index (χ4n) is 1.36. The molecule has 1 N–H and O–H groups in total. The van der Waals surface area contributed by atoms with Gasteiger partial charge in [-0.2, -0.15) is 0 Å². The van der Waals surface area contributed by atoms with Gasteiger partial charge in [0.2, 0.25) is 0 Å². The SMILES string of the molecule is CC(C)(C)S(=O)(=O)CCS(=O)c1ccc(C(=O)O)cc1. The van der Waals surface area contributed by atoms with Gasteiger partial charge in [-0.15, -0.1) is 0 Å². The molecule has 1 rings (SSSR count). The molecule has 20 heavy (non-hydrogen) atoms. The fourth-order valence-corrected chi connectivity index (χ4v) is 4.13. The summed E-state index contributed by atoms with van der Waals surface area (Å²) in [6.07, 6.45) is 0. The van der Waals surface area contributed by atoms with Crippen LogP contribution in [0, 0.1) is 0 Å². The van der Waals surface area contributed by atoms with E-state index in [1.165, 1.54) is 24.3 Å². The number of carboxylic acid groups (broad SMARTS) is 1. The molecule has 0 saturated carbocycles. The van der Waals surface area contributed by atoms with E-state index < -0.39 is 31.4 Å². The summed E-state index contributed by atoms with van der Waals surface area (Å²) in [6.45, 7) is 4.81. The van der Waals surface area contributed by atoms with Crippen molar-refractivity contribution < 1.29 is 22.5 Å². The van der Waals surface area contributed by atoms with E-state index in [0.717, 1.165) is 0 Å². The van der Waals surface area contributed by atoms with Gasteiger partial charge in [-0.1, -0.05) is 0 Å². The van der Waals surface area contributed by atoms with Crippen LogP contribution in [-0.2, 0) is 20.6 Å². The average molecular weight is 318 g/mol. The summed E-state index contributed by atoms with van der Waals surface area (Å²) in [5.74, 6) is -1.21. The fraction of sp³-hybridized carbons (Fsp3) is 0.462. The lowest BCUT2D eigenvalue weighted by atomic mass is 10.2. The molecule has 0 aliphatic carbocycles. The zero-order chi connectivity index (χ0) is 15.6. The van der Waals surface area contributed by atoms with Gasteiger partial charge in [-0.3, -0.25) is 4.21 Å². The van der Waals surface area contributed by atoms with Crippen LogP contribution in [0.15, 0.2) is 29.2 Å². The third-order valence-electron chi connectivity index (χ3n) is 2.83. The normalized spacial score (nSPS) is 13.9. The van der Waals surface area contributed by atoms with Crippen LogP contribution in [0.5, 0.6) is 0 Å². The number of sulfone groups is 1. The third kappa shape index (κ3) is 4.14. The van der Waals surface area contributed by atoms with Crippen LogP contribution < -0.4 is 0 Å². The van der Waals surface area contributed by atoms with E-state index in [1.54, 1.807) is 20.8 Å². The Labute approximate surface area is 121 Å². The van der Waals surface area contributed by atoms with E-state index in [9.17, 15) is 17.4 Å². The Balaban J connectivity index is 2.76. The van der Waals surface area contributed by atoms with Gasteiger partial charge in [0.15, 0.2) is 9.84 Å². The Morgan fingerprint density at radius 2 is 1.70 bits per heavy atom. The maximum absolute atomic E-state index is 12.0. The van der Waals surface area contributed by atoms with Gasteiger partial charge in [0.1, 0.15) is 0 Å². The summed E-state index contributed by atoms with van der Waals surface area (Å²) in [5.41, 5.74) is 0.105. The molecule has 0 spiro atoms. The number of benzene rings is 1. The van der Waals surface area contributed by atoms with Crippen molar-refractivity contribution in [2.75, 3.05) is 11.5 Å². The van der Waals surface area contributed by atoms with Crippen molar-refractivity contribution >= 4 is 26.6 Å². The molecule has 0 aliphatic rings. The highest BCUT2D eigenvalue weighted by Gasteiger charge is 2.29. The summed E-state index contributed by atoms with van der Waals surface area (Å²) in [4.78, 5) is 11.1. The molecule has 112 valence electrons. The molecule has 1 aromatic rings. The summed E-state index contributed by atoms with van der Waals surface area (Å²) < 4.78 is 35.0. The number of aromatic carboxylic acids is 1. The van der Waals surface area contributed by atoms with Crippen LogP contribution in [0.2, 0.25) is 0 Å². The van der Waals surface area contributed by atoms with Crippen LogP contribution in [0.25, 0.3) is 0 Å². The Morgan fingerprint density at radius 1 is 1.20 bits per heavy atom. The molecule has 0 radical (unpaired) electrons. The summed E-state index contributed by atoms with van der Waals surface area (Å²) in [7, 11) is -4.77. The van der Waals surface area contributed by atoms with Crippen molar-refractivity contribution in [3.05, 3.63) is 29.8 Å². The maximum Gasteiger partial charge on any atom is 0.335 e. The lowest BCUT2D eigenvalue weighted by molar-refractivity contribution is 0.0697. The van der Waals surface area contributed by atoms with E-state index in [4.69, 9.17) is 5.11 Å². The lowest BCUT2D eigenvalue weighted by Gasteiger charge is -2.18.